The third-order valence-electron chi connectivity index (χ3n) is 3.76. The van der Waals surface area contributed by atoms with Crippen LogP contribution in [0.3, 0.4) is 0 Å². The Labute approximate surface area is 119 Å². The van der Waals surface area contributed by atoms with Gasteiger partial charge in [-0.2, -0.15) is 0 Å². The summed E-state index contributed by atoms with van der Waals surface area (Å²) < 4.78 is 4.75. The molecule has 2 rings (SSSR count). The number of rotatable bonds is 1. The Balaban J connectivity index is 2.59. The number of pyridine rings is 1. The van der Waals surface area contributed by atoms with Crippen molar-refractivity contribution < 1.29 is 9.53 Å². The maximum absolute atomic E-state index is 11.7. The van der Waals surface area contributed by atoms with E-state index in [9.17, 15) is 4.79 Å². The van der Waals surface area contributed by atoms with Gasteiger partial charge in [-0.25, -0.2) is 9.78 Å². The Morgan fingerprint density at radius 2 is 2.00 bits per heavy atom. The molecule has 4 heteroatoms. The molecule has 1 aliphatic rings. The summed E-state index contributed by atoms with van der Waals surface area (Å²) >= 11 is 6.11. The van der Waals surface area contributed by atoms with Crippen LogP contribution in [-0.4, -0.2) is 18.1 Å². The molecule has 3 nitrogen and oxygen atoms in total. The fraction of sp³-hybridized carbons (Fsp3) is 0.600. The van der Waals surface area contributed by atoms with Gasteiger partial charge in [-0.1, -0.05) is 39.3 Å². The third kappa shape index (κ3) is 2.62. The molecule has 0 fully saturated rings. The van der Waals surface area contributed by atoms with Gasteiger partial charge in [0.1, 0.15) is 5.15 Å². The summed E-state index contributed by atoms with van der Waals surface area (Å²) in [6.45, 7) is 8.84. The van der Waals surface area contributed by atoms with Gasteiger partial charge in [0.2, 0.25) is 0 Å². The summed E-state index contributed by atoms with van der Waals surface area (Å²) in [6.07, 6.45) is 1.93. The van der Waals surface area contributed by atoms with Crippen LogP contribution in [0.5, 0.6) is 0 Å². The van der Waals surface area contributed by atoms with Crippen molar-refractivity contribution in [3.63, 3.8) is 0 Å². The minimum absolute atomic E-state index is 0.0164. The number of halogens is 1. The molecule has 0 radical (unpaired) electrons. The highest BCUT2D eigenvalue weighted by Crippen LogP contribution is 2.45. The van der Waals surface area contributed by atoms with E-state index in [4.69, 9.17) is 16.3 Å². The van der Waals surface area contributed by atoms with E-state index in [0.29, 0.717) is 5.56 Å². The molecule has 0 bridgehead atoms. The standard InChI is InChI=1S/C15H20ClNO2/c1-14(2)7-11-10(15(3,4)8-14)6-9(12(16)17-11)13(18)19-5/h6H,7-8H2,1-5H3. The molecular formula is C15H20ClNO2. The van der Waals surface area contributed by atoms with E-state index in [1.165, 1.54) is 7.11 Å². The number of carbonyl (C=O) groups excluding carboxylic acids is 1. The van der Waals surface area contributed by atoms with Crippen molar-refractivity contribution in [2.45, 2.75) is 46.0 Å². The molecule has 0 spiro atoms. The first-order chi connectivity index (χ1) is 8.66. The van der Waals surface area contributed by atoms with Gasteiger partial charge in [-0.15, -0.1) is 0 Å². The summed E-state index contributed by atoms with van der Waals surface area (Å²) in [5.74, 6) is -0.430. The first-order valence-corrected chi connectivity index (χ1v) is 6.82. The van der Waals surface area contributed by atoms with E-state index >= 15 is 0 Å². The maximum atomic E-state index is 11.7. The SMILES string of the molecule is COC(=O)c1cc2c(nc1Cl)CC(C)(C)CC2(C)C. The molecule has 0 N–H and O–H groups in total. The van der Waals surface area contributed by atoms with Gasteiger partial charge >= 0.3 is 5.97 Å². The van der Waals surface area contributed by atoms with Crippen molar-refractivity contribution >= 4 is 17.6 Å². The highest BCUT2D eigenvalue weighted by Gasteiger charge is 2.39. The summed E-state index contributed by atoms with van der Waals surface area (Å²) in [6, 6.07) is 1.85. The molecule has 1 aliphatic carbocycles. The fourth-order valence-electron chi connectivity index (χ4n) is 3.31. The van der Waals surface area contributed by atoms with Gasteiger partial charge in [0.25, 0.3) is 0 Å². The molecule has 1 aromatic heterocycles. The van der Waals surface area contributed by atoms with Crippen LogP contribution in [0.25, 0.3) is 0 Å². The Morgan fingerprint density at radius 3 is 2.58 bits per heavy atom. The second kappa shape index (κ2) is 4.48. The third-order valence-corrected chi connectivity index (χ3v) is 4.04. The van der Waals surface area contributed by atoms with Gasteiger partial charge < -0.3 is 4.74 Å². The van der Waals surface area contributed by atoms with Crippen molar-refractivity contribution in [2.75, 3.05) is 7.11 Å². The van der Waals surface area contributed by atoms with E-state index < -0.39 is 5.97 Å². The van der Waals surface area contributed by atoms with Crippen molar-refractivity contribution in [1.82, 2.24) is 4.98 Å². The summed E-state index contributed by atoms with van der Waals surface area (Å²) in [5, 5.41) is 0.235. The van der Waals surface area contributed by atoms with Crippen LogP contribution in [-0.2, 0) is 16.6 Å². The van der Waals surface area contributed by atoms with Gasteiger partial charge in [-0.05, 0) is 35.3 Å². The predicted molar refractivity (Wildman–Crippen MR) is 75.7 cm³/mol. The van der Waals surface area contributed by atoms with Crippen LogP contribution in [0.2, 0.25) is 5.15 Å². The minimum atomic E-state index is -0.430. The van der Waals surface area contributed by atoms with Gasteiger partial charge in [-0.3, -0.25) is 0 Å². The number of hydrogen-bond acceptors (Lipinski definition) is 3. The average Bonchev–Trinajstić information content (AvgIpc) is 2.24. The van der Waals surface area contributed by atoms with Gasteiger partial charge in [0, 0.05) is 5.69 Å². The Kier molecular flexibility index (Phi) is 3.38. The molecule has 0 amide bonds. The van der Waals surface area contributed by atoms with Crippen LogP contribution < -0.4 is 0 Å². The predicted octanol–water partition coefficient (Wildman–Crippen LogP) is 3.77. The first-order valence-electron chi connectivity index (χ1n) is 6.44. The molecule has 1 aromatic rings. The lowest BCUT2D eigenvalue weighted by Crippen LogP contribution is -2.35. The Hall–Kier alpha value is -1.09. The fourth-order valence-corrected chi connectivity index (χ4v) is 3.54. The number of hydrogen-bond donors (Lipinski definition) is 0. The number of esters is 1. The largest absolute Gasteiger partial charge is 0.465 e. The monoisotopic (exact) mass is 281 g/mol. The quantitative estimate of drug-likeness (QED) is 0.581. The van der Waals surface area contributed by atoms with E-state index in [-0.39, 0.29) is 16.0 Å². The van der Waals surface area contributed by atoms with Crippen LogP contribution in [0.1, 0.15) is 55.7 Å². The number of methoxy groups -OCH3 is 1. The van der Waals surface area contributed by atoms with Crippen molar-refractivity contribution in [3.8, 4) is 0 Å². The number of nitrogens with zero attached hydrogens (tertiary/aromatic N) is 1. The van der Waals surface area contributed by atoms with E-state index in [1.54, 1.807) is 0 Å². The minimum Gasteiger partial charge on any atom is -0.465 e. The Morgan fingerprint density at radius 1 is 1.37 bits per heavy atom. The zero-order valence-electron chi connectivity index (χ0n) is 12.1. The zero-order chi connectivity index (χ0) is 14.4. The van der Waals surface area contributed by atoms with Crippen molar-refractivity contribution in [2.24, 2.45) is 5.41 Å². The molecule has 0 atom stereocenters. The normalized spacial score (nSPS) is 19.7. The van der Waals surface area contributed by atoms with Gasteiger partial charge in [0.15, 0.2) is 0 Å². The van der Waals surface area contributed by atoms with Crippen molar-refractivity contribution in [3.05, 3.63) is 28.0 Å². The molecule has 0 aliphatic heterocycles. The van der Waals surface area contributed by atoms with Gasteiger partial charge in [0.05, 0.1) is 12.7 Å². The summed E-state index contributed by atoms with van der Waals surface area (Å²) in [4.78, 5) is 16.2. The summed E-state index contributed by atoms with van der Waals surface area (Å²) in [5.41, 5.74) is 2.64. The van der Waals surface area contributed by atoms with E-state index in [0.717, 1.165) is 24.1 Å². The van der Waals surface area contributed by atoms with Crippen LogP contribution in [0.15, 0.2) is 6.07 Å². The highest BCUT2D eigenvalue weighted by atomic mass is 35.5. The average molecular weight is 282 g/mol. The topological polar surface area (TPSA) is 39.2 Å². The van der Waals surface area contributed by atoms with Crippen LogP contribution in [0.4, 0.5) is 0 Å². The molecule has 0 saturated carbocycles. The summed E-state index contributed by atoms with van der Waals surface area (Å²) in [7, 11) is 1.35. The first kappa shape index (κ1) is 14.3. The number of ether oxygens (including phenoxy) is 1. The smallest absolute Gasteiger partial charge is 0.341 e. The molecule has 1 heterocycles. The Bertz CT molecular complexity index is 535. The number of fused-ring (bicyclic) bond motifs is 1. The van der Waals surface area contributed by atoms with Crippen LogP contribution in [0, 0.1) is 5.41 Å². The lowest BCUT2D eigenvalue weighted by Gasteiger charge is -2.41. The number of carbonyl (C=O) groups is 1. The lowest BCUT2D eigenvalue weighted by atomic mass is 9.64. The number of aromatic nitrogens is 1. The molecule has 104 valence electrons. The molecular weight excluding hydrogens is 262 g/mol. The second-order valence-corrected chi connectivity index (χ2v) is 7.07. The zero-order valence-corrected chi connectivity index (χ0v) is 12.9. The lowest BCUT2D eigenvalue weighted by molar-refractivity contribution is 0.0600. The van der Waals surface area contributed by atoms with Crippen molar-refractivity contribution in [1.29, 1.82) is 0 Å². The van der Waals surface area contributed by atoms with E-state index in [2.05, 4.69) is 32.7 Å². The highest BCUT2D eigenvalue weighted by molar-refractivity contribution is 6.32. The van der Waals surface area contributed by atoms with E-state index in [1.807, 2.05) is 6.07 Å². The van der Waals surface area contributed by atoms with Crippen LogP contribution >= 0.6 is 11.6 Å². The molecule has 0 aromatic carbocycles. The molecule has 0 saturated heterocycles. The maximum Gasteiger partial charge on any atom is 0.341 e. The second-order valence-electron chi connectivity index (χ2n) is 6.71. The molecule has 19 heavy (non-hydrogen) atoms. The molecule has 0 unspecified atom stereocenters.